The molecule has 1 fully saturated rings. The largest absolute Gasteiger partial charge is 0.480 e. The van der Waals surface area contributed by atoms with E-state index >= 15 is 0 Å². The molecule has 0 saturated carbocycles. The maximum atomic E-state index is 11.6. The lowest BCUT2D eigenvalue weighted by Crippen LogP contribution is -2.44. The highest BCUT2D eigenvalue weighted by atomic mass is 16.4. The Bertz CT molecular complexity index is 340. The molecule has 1 aliphatic heterocycles. The molecule has 0 radical (unpaired) electrons. The minimum atomic E-state index is -1.25. The van der Waals surface area contributed by atoms with Gasteiger partial charge in [-0.15, -0.1) is 0 Å². The molecule has 108 valence electrons. The minimum Gasteiger partial charge on any atom is -0.480 e. The number of aliphatic carboxylic acids is 1. The van der Waals surface area contributed by atoms with Gasteiger partial charge in [-0.1, -0.05) is 6.42 Å². The molecule has 0 aromatic rings. The zero-order chi connectivity index (χ0) is 14.3. The summed E-state index contributed by atoms with van der Waals surface area (Å²) in [5.41, 5.74) is 4.93. The first-order chi connectivity index (χ1) is 8.99. The number of hydrogen-bond donors (Lipinski definition) is 4. The fraction of sp³-hybridized carbons (Fsp3) is 0.750. The molecule has 0 aromatic carbocycles. The maximum absolute atomic E-state index is 11.6. The van der Waals surface area contributed by atoms with Crippen molar-refractivity contribution in [3.05, 3.63) is 0 Å². The van der Waals surface area contributed by atoms with Crippen LogP contribution in [-0.2, 0) is 14.4 Å². The monoisotopic (exact) mass is 271 g/mol. The molecule has 5 N–H and O–H groups in total. The quantitative estimate of drug-likeness (QED) is 0.490. The molecule has 0 bridgehead atoms. The molecule has 2 atom stereocenters. The number of piperidine rings is 1. The standard InChI is InChI=1S/C12H21N3O4/c13-10(16)7-9(12(18)19)15-11(17)5-4-8-3-1-2-6-14-8/h8-9,14H,1-7H2,(H2,13,16)(H,15,17)(H,18,19)/t8?,9-/m0/s1. The van der Waals surface area contributed by atoms with E-state index in [0.717, 1.165) is 25.8 Å². The van der Waals surface area contributed by atoms with E-state index in [-0.39, 0.29) is 18.7 Å². The second-order valence-electron chi connectivity index (χ2n) is 4.81. The van der Waals surface area contributed by atoms with Crippen molar-refractivity contribution in [2.45, 2.75) is 50.6 Å². The minimum absolute atomic E-state index is 0.250. The third-order valence-corrected chi connectivity index (χ3v) is 3.17. The Morgan fingerprint density at radius 2 is 2.11 bits per heavy atom. The molecule has 1 unspecified atom stereocenters. The number of primary amides is 1. The van der Waals surface area contributed by atoms with E-state index in [1.54, 1.807) is 0 Å². The van der Waals surface area contributed by atoms with Crippen molar-refractivity contribution in [1.29, 1.82) is 0 Å². The number of carboxylic acids is 1. The molecule has 1 rings (SSSR count). The molecule has 19 heavy (non-hydrogen) atoms. The van der Waals surface area contributed by atoms with Gasteiger partial charge < -0.3 is 21.5 Å². The van der Waals surface area contributed by atoms with Gasteiger partial charge in [-0.25, -0.2) is 4.79 Å². The molecule has 0 aromatic heterocycles. The van der Waals surface area contributed by atoms with Crippen molar-refractivity contribution >= 4 is 17.8 Å². The van der Waals surface area contributed by atoms with Gasteiger partial charge in [0.2, 0.25) is 11.8 Å². The van der Waals surface area contributed by atoms with Crippen molar-refractivity contribution in [2.75, 3.05) is 6.54 Å². The first-order valence-corrected chi connectivity index (χ1v) is 6.53. The van der Waals surface area contributed by atoms with Crippen LogP contribution in [0.3, 0.4) is 0 Å². The Morgan fingerprint density at radius 3 is 2.63 bits per heavy atom. The van der Waals surface area contributed by atoms with Gasteiger partial charge in [0.05, 0.1) is 6.42 Å². The fourth-order valence-electron chi connectivity index (χ4n) is 2.14. The molecule has 0 aliphatic carbocycles. The average molecular weight is 271 g/mol. The van der Waals surface area contributed by atoms with E-state index in [4.69, 9.17) is 10.8 Å². The van der Waals surface area contributed by atoms with E-state index in [1.807, 2.05) is 0 Å². The third-order valence-electron chi connectivity index (χ3n) is 3.17. The highest BCUT2D eigenvalue weighted by molar-refractivity contribution is 5.88. The SMILES string of the molecule is NC(=O)C[C@H](NC(=O)CCC1CCCCN1)C(=O)O. The number of rotatable bonds is 7. The molecule has 7 nitrogen and oxygen atoms in total. The van der Waals surface area contributed by atoms with E-state index in [9.17, 15) is 14.4 Å². The summed E-state index contributed by atoms with van der Waals surface area (Å²) in [4.78, 5) is 33.2. The first-order valence-electron chi connectivity index (χ1n) is 6.53. The zero-order valence-corrected chi connectivity index (χ0v) is 10.9. The number of amides is 2. The number of carbonyl (C=O) groups is 3. The van der Waals surface area contributed by atoms with Gasteiger partial charge in [0.15, 0.2) is 0 Å². The average Bonchev–Trinajstić information content (AvgIpc) is 2.36. The lowest BCUT2D eigenvalue weighted by molar-refractivity contribution is -0.143. The summed E-state index contributed by atoms with van der Waals surface area (Å²) in [6.07, 6.45) is 3.88. The Kier molecular flexibility index (Phi) is 6.27. The predicted molar refractivity (Wildman–Crippen MR) is 68.3 cm³/mol. The predicted octanol–water partition coefficient (Wildman–Crippen LogP) is -0.646. The Labute approximate surface area is 111 Å². The third kappa shape index (κ3) is 6.19. The van der Waals surface area contributed by atoms with Gasteiger partial charge in [-0.2, -0.15) is 0 Å². The molecule has 1 aliphatic rings. The van der Waals surface area contributed by atoms with E-state index in [1.165, 1.54) is 0 Å². The summed E-state index contributed by atoms with van der Waals surface area (Å²) in [5, 5.41) is 14.5. The molecule has 2 amide bonds. The molecule has 7 heteroatoms. The first kappa shape index (κ1) is 15.4. The second kappa shape index (κ2) is 7.73. The number of nitrogens with one attached hydrogen (secondary N) is 2. The highest BCUT2D eigenvalue weighted by Gasteiger charge is 2.22. The van der Waals surface area contributed by atoms with Gasteiger partial charge >= 0.3 is 5.97 Å². The summed E-state index contributed by atoms with van der Waals surface area (Å²) in [5.74, 6) is -2.36. The zero-order valence-electron chi connectivity index (χ0n) is 10.9. The smallest absolute Gasteiger partial charge is 0.326 e. The van der Waals surface area contributed by atoms with Gasteiger partial charge in [0.25, 0.3) is 0 Å². The summed E-state index contributed by atoms with van der Waals surface area (Å²) >= 11 is 0. The van der Waals surface area contributed by atoms with Crippen molar-refractivity contribution in [3.8, 4) is 0 Å². The van der Waals surface area contributed by atoms with Crippen LogP contribution < -0.4 is 16.4 Å². The lowest BCUT2D eigenvalue weighted by Gasteiger charge is -2.23. The van der Waals surface area contributed by atoms with E-state index in [2.05, 4.69) is 10.6 Å². The van der Waals surface area contributed by atoms with Crippen molar-refractivity contribution in [1.82, 2.24) is 10.6 Å². The summed E-state index contributed by atoms with van der Waals surface area (Å²) in [6.45, 7) is 0.964. The van der Waals surface area contributed by atoms with Gasteiger partial charge in [-0.3, -0.25) is 9.59 Å². The molecular weight excluding hydrogens is 250 g/mol. The van der Waals surface area contributed by atoms with E-state index < -0.39 is 17.9 Å². The van der Waals surface area contributed by atoms with Gasteiger partial charge in [0.1, 0.15) is 6.04 Å². The lowest BCUT2D eigenvalue weighted by atomic mass is 10.0. The number of nitrogens with two attached hydrogens (primary N) is 1. The van der Waals surface area contributed by atoms with Crippen LogP contribution >= 0.6 is 0 Å². The molecule has 0 spiro atoms. The van der Waals surface area contributed by atoms with E-state index in [0.29, 0.717) is 12.5 Å². The van der Waals surface area contributed by atoms with Crippen LogP contribution in [0.1, 0.15) is 38.5 Å². The van der Waals surface area contributed by atoms with Crippen LogP contribution in [0.5, 0.6) is 0 Å². The second-order valence-corrected chi connectivity index (χ2v) is 4.81. The number of hydrogen-bond acceptors (Lipinski definition) is 4. The fourth-order valence-corrected chi connectivity index (χ4v) is 2.14. The van der Waals surface area contributed by atoms with Gasteiger partial charge in [0, 0.05) is 12.5 Å². The van der Waals surface area contributed by atoms with Crippen LogP contribution in [0.2, 0.25) is 0 Å². The Balaban J connectivity index is 2.31. The Hall–Kier alpha value is -1.63. The summed E-state index contributed by atoms with van der Waals surface area (Å²) < 4.78 is 0. The molecule has 1 saturated heterocycles. The number of carboxylic acid groups (broad SMARTS) is 1. The van der Waals surface area contributed by atoms with Crippen LogP contribution in [0.4, 0.5) is 0 Å². The normalized spacial score (nSPS) is 20.5. The highest BCUT2D eigenvalue weighted by Crippen LogP contribution is 2.11. The maximum Gasteiger partial charge on any atom is 0.326 e. The Morgan fingerprint density at radius 1 is 1.37 bits per heavy atom. The summed E-state index contributed by atoms with van der Waals surface area (Å²) in [6, 6.07) is -0.914. The van der Waals surface area contributed by atoms with Crippen LogP contribution in [0, 0.1) is 0 Å². The van der Waals surface area contributed by atoms with Crippen LogP contribution in [0.25, 0.3) is 0 Å². The number of carbonyl (C=O) groups excluding carboxylic acids is 2. The van der Waals surface area contributed by atoms with Crippen molar-refractivity contribution in [3.63, 3.8) is 0 Å². The van der Waals surface area contributed by atoms with Crippen LogP contribution in [-0.4, -0.2) is 41.5 Å². The van der Waals surface area contributed by atoms with Crippen molar-refractivity contribution < 1.29 is 19.5 Å². The van der Waals surface area contributed by atoms with Crippen molar-refractivity contribution in [2.24, 2.45) is 5.73 Å². The molecular formula is C12H21N3O4. The van der Waals surface area contributed by atoms with Gasteiger partial charge in [-0.05, 0) is 25.8 Å². The summed E-state index contributed by atoms with van der Waals surface area (Å²) in [7, 11) is 0. The molecule has 1 heterocycles. The topological polar surface area (TPSA) is 122 Å². The van der Waals surface area contributed by atoms with Crippen LogP contribution in [0.15, 0.2) is 0 Å².